The van der Waals surface area contributed by atoms with E-state index >= 15 is 0 Å². The second kappa shape index (κ2) is 6.83. The topological polar surface area (TPSA) is 54.2 Å². The molecule has 2 aromatic rings. The Morgan fingerprint density at radius 3 is 2.95 bits per heavy atom. The molecule has 0 aliphatic carbocycles. The summed E-state index contributed by atoms with van der Waals surface area (Å²) in [6.07, 6.45) is 3.36. The molecule has 0 radical (unpaired) electrons. The Labute approximate surface area is 125 Å². The zero-order chi connectivity index (χ0) is 14.5. The second-order valence-electron chi connectivity index (χ2n) is 5.72. The molecule has 2 atom stereocenters. The zero-order valence-electron chi connectivity index (χ0n) is 12.4. The number of nitrogens with one attached hydrogen (secondary N) is 1. The van der Waals surface area contributed by atoms with Crippen molar-refractivity contribution in [2.75, 3.05) is 19.6 Å². The molecule has 2 unspecified atom stereocenters. The van der Waals surface area contributed by atoms with E-state index in [1.165, 1.54) is 11.9 Å². The van der Waals surface area contributed by atoms with Crippen LogP contribution < -0.4 is 5.32 Å². The molecule has 1 aromatic carbocycles. The fourth-order valence-electron chi connectivity index (χ4n) is 2.89. The highest BCUT2D eigenvalue weighted by Gasteiger charge is 2.25. The molecule has 0 amide bonds. The van der Waals surface area contributed by atoms with Gasteiger partial charge < -0.3 is 9.84 Å². The van der Waals surface area contributed by atoms with Crippen LogP contribution in [0.25, 0.3) is 0 Å². The second-order valence-corrected chi connectivity index (χ2v) is 5.72. The van der Waals surface area contributed by atoms with E-state index in [1.807, 2.05) is 0 Å². The third-order valence-electron chi connectivity index (χ3n) is 4.12. The summed E-state index contributed by atoms with van der Waals surface area (Å²) in [5.41, 5.74) is 1.39. The molecule has 2 heterocycles. The predicted molar refractivity (Wildman–Crippen MR) is 81.0 cm³/mol. The first-order chi connectivity index (χ1) is 10.3. The third kappa shape index (κ3) is 3.89. The van der Waals surface area contributed by atoms with Gasteiger partial charge in [-0.1, -0.05) is 35.5 Å². The van der Waals surface area contributed by atoms with Crippen LogP contribution in [0.5, 0.6) is 0 Å². The molecule has 0 bridgehead atoms. The molecule has 1 aliphatic heterocycles. The Bertz CT molecular complexity index is 528. The van der Waals surface area contributed by atoms with E-state index in [1.54, 1.807) is 0 Å². The molecule has 112 valence electrons. The molecule has 0 saturated carbocycles. The van der Waals surface area contributed by atoms with Crippen LogP contribution in [0.1, 0.15) is 18.4 Å². The van der Waals surface area contributed by atoms with E-state index in [4.69, 9.17) is 4.52 Å². The average Bonchev–Trinajstić information content (AvgIpc) is 3.02. The van der Waals surface area contributed by atoms with Crippen molar-refractivity contribution in [1.29, 1.82) is 0 Å². The summed E-state index contributed by atoms with van der Waals surface area (Å²) in [5, 5.41) is 7.31. The van der Waals surface area contributed by atoms with Crippen LogP contribution in [0.3, 0.4) is 0 Å². The molecule has 5 nitrogen and oxygen atoms in total. The fraction of sp³-hybridized carbons (Fsp3) is 0.500. The van der Waals surface area contributed by atoms with Gasteiger partial charge in [-0.2, -0.15) is 4.98 Å². The minimum atomic E-state index is 0.506. The van der Waals surface area contributed by atoms with E-state index < -0.39 is 0 Å². The molecule has 1 saturated heterocycles. The van der Waals surface area contributed by atoms with E-state index in [2.05, 4.69) is 57.6 Å². The van der Waals surface area contributed by atoms with Gasteiger partial charge in [-0.05, 0) is 18.9 Å². The van der Waals surface area contributed by atoms with Crippen molar-refractivity contribution in [1.82, 2.24) is 20.4 Å². The predicted octanol–water partition coefficient (Wildman–Crippen LogP) is 1.52. The van der Waals surface area contributed by atoms with Crippen molar-refractivity contribution < 1.29 is 4.52 Å². The molecule has 1 N–H and O–H groups in total. The summed E-state index contributed by atoms with van der Waals surface area (Å²) < 4.78 is 5.08. The highest BCUT2D eigenvalue weighted by atomic mass is 16.5. The maximum absolute atomic E-state index is 5.08. The molecule has 3 rings (SSSR count). The number of rotatable bonds is 5. The number of piperazine rings is 1. The van der Waals surface area contributed by atoms with E-state index in [0.29, 0.717) is 12.1 Å². The smallest absolute Gasteiger partial charge is 0.227 e. The molecule has 21 heavy (non-hydrogen) atoms. The van der Waals surface area contributed by atoms with Gasteiger partial charge in [0.05, 0.1) is 0 Å². The quantitative estimate of drug-likeness (QED) is 0.903. The van der Waals surface area contributed by atoms with Crippen molar-refractivity contribution in [3.8, 4) is 0 Å². The number of hydrogen-bond acceptors (Lipinski definition) is 5. The van der Waals surface area contributed by atoms with Crippen LogP contribution >= 0.6 is 0 Å². The Morgan fingerprint density at radius 1 is 1.33 bits per heavy atom. The lowest BCUT2D eigenvalue weighted by Crippen LogP contribution is -2.56. The van der Waals surface area contributed by atoms with Crippen molar-refractivity contribution in [2.24, 2.45) is 0 Å². The van der Waals surface area contributed by atoms with Gasteiger partial charge in [0.1, 0.15) is 0 Å². The van der Waals surface area contributed by atoms with Gasteiger partial charge in [0, 0.05) is 38.1 Å². The van der Waals surface area contributed by atoms with Gasteiger partial charge in [-0.15, -0.1) is 0 Å². The third-order valence-corrected chi connectivity index (χ3v) is 4.12. The van der Waals surface area contributed by atoms with Crippen LogP contribution in [-0.2, 0) is 12.8 Å². The molecule has 5 heteroatoms. The van der Waals surface area contributed by atoms with Gasteiger partial charge in [-0.25, -0.2) is 0 Å². The molecular formula is C16H22N4O. The minimum absolute atomic E-state index is 0.506. The Balaban J connectivity index is 1.54. The van der Waals surface area contributed by atoms with Crippen molar-refractivity contribution in [3.63, 3.8) is 0 Å². The van der Waals surface area contributed by atoms with Crippen LogP contribution in [-0.4, -0.2) is 46.8 Å². The summed E-state index contributed by atoms with van der Waals surface area (Å²) in [6, 6.07) is 11.7. The van der Waals surface area contributed by atoms with Crippen LogP contribution in [0.2, 0.25) is 0 Å². The SMILES string of the molecule is CC1CNC(Cc2ccccc2)CN1CCc1ncno1. The summed E-state index contributed by atoms with van der Waals surface area (Å²) in [7, 11) is 0. The van der Waals surface area contributed by atoms with Crippen LogP contribution in [0, 0.1) is 0 Å². The van der Waals surface area contributed by atoms with Crippen LogP contribution in [0.15, 0.2) is 41.2 Å². The molecule has 1 aliphatic rings. The first-order valence-electron chi connectivity index (χ1n) is 7.58. The van der Waals surface area contributed by atoms with Gasteiger partial charge in [0.25, 0.3) is 0 Å². The van der Waals surface area contributed by atoms with Crippen molar-refractivity contribution >= 4 is 0 Å². The number of benzene rings is 1. The highest BCUT2D eigenvalue weighted by Crippen LogP contribution is 2.12. The average molecular weight is 286 g/mol. The lowest BCUT2D eigenvalue weighted by molar-refractivity contribution is 0.138. The first kappa shape index (κ1) is 14.2. The Kier molecular flexibility index (Phi) is 4.62. The largest absolute Gasteiger partial charge is 0.340 e. The Morgan fingerprint density at radius 2 is 2.19 bits per heavy atom. The molecule has 0 spiro atoms. The number of nitrogens with zero attached hydrogens (tertiary/aromatic N) is 3. The van der Waals surface area contributed by atoms with E-state index in [0.717, 1.165) is 38.4 Å². The molecule has 1 fully saturated rings. The molecular weight excluding hydrogens is 264 g/mol. The van der Waals surface area contributed by atoms with Crippen molar-refractivity contribution in [2.45, 2.75) is 31.8 Å². The lowest BCUT2D eigenvalue weighted by atomic mass is 10.0. The van der Waals surface area contributed by atoms with Crippen molar-refractivity contribution in [3.05, 3.63) is 48.1 Å². The highest BCUT2D eigenvalue weighted by molar-refractivity contribution is 5.16. The number of hydrogen-bond donors (Lipinski definition) is 1. The summed E-state index contributed by atoms with van der Waals surface area (Å²) in [4.78, 5) is 6.60. The van der Waals surface area contributed by atoms with Gasteiger partial charge >= 0.3 is 0 Å². The van der Waals surface area contributed by atoms with Gasteiger partial charge in [0.2, 0.25) is 5.89 Å². The minimum Gasteiger partial charge on any atom is -0.340 e. The summed E-state index contributed by atoms with van der Waals surface area (Å²) in [5.74, 6) is 0.723. The zero-order valence-corrected chi connectivity index (χ0v) is 12.4. The van der Waals surface area contributed by atoms with Gasteiger partial charge in [0.15, 0.2) is 6.33 Å². The number of aromatic nitrogens is 2. The van der Waals surface area contributed by atoms with Gasteiger partial charge in [-0.3, -0.25) is 4.90 Å². The maximum atomic E-state index is 5.08. The first-order valence-corrected chi connectivity index (χ1v) is 7.58. The molecule has 1 aromatic heterocycles. The summed E-state index contributed by atoms with van der Waals surface area (Å²) >= 11 is 0. The Hall–Kier alpha value is -1.72. The van der Waals surface area contributed by atoms with E-state index in [9.17, 15) is 0 Å². The van der Waals surface area contributed by atoms with Crippen LogP contribution in [0.4, 0.5) is 0 Å². The monoisotopic (exact) mass is 286 g/mol. The standard InChI is InChI=1S/C16H22N4O/c1-13-10-17-15(9-14-5-3-2-4-6-14)11-20(13)8-7-16-18-12-19-21-16/h2-6,12-13,15,17H,7-11H2,1H3. The maximum Gasteiger partial charge on any atom is 0.227 e. The fourth-order valence-corrected chi connectivity index (χ4v) is 2.89. The normalized spacial score (nSPS) is 23.3. The summed E-state index contributed by atoms with van der Waals surface area (Å²) in [6.45, 7) is 5.32. The van der Waals surface area contributed by atoms with E-state index in [-0.39, 0.29) is 0 Å². The lowest BCUT2D eigenvalue weighted by Gasteiger charge is -2.38.